The molecule has 0 saturated heterocycles. The molecule has 0 aromatic carbocycles. The predicted octanol–water partition coefficient (Wildman–Crippen LogP) is 2.55. The molecular weight excluding hydrogens is 268 g/mol. The summed E-state index contributed by atoms with van der Waals surface area (Å²) in [6, 6.07) is 0.439. The van der Waals surface area contributed by atoms with Crippen molar-refractivity contribution in [3.8, 4) is 0 Å². The summed E-state index contributed by atoms with van der Waals surface area (Å²) in [7, 11) is 1.72. The van der Waals surface area contributed by atoms with Gasteiger partial charge in [-0.2, -0.15) is 0 Å². The van der Waals surface area contributed by atoms with E-state index in [2.05, 4.69) is 24.5 Å². The van der Waals surface area contributed by atoms with E-state index in [-0.39, 0.29) is 12.1 Å². The first kappa shape index (κ1) is 18.2. The van der Waals surface area contributed by atoms with Crippen molar-refractivity contribution in [2.45, 2.75) is 65.1 Å². The standard InChI is InChI=1S/C16H32N2O3/c1-11(2)14(10-20-6)17-9-13(12-7-8-12)18-15(19)21-16(3,4)5/h11-14,17H,7-10H2,1-6H3,(H,18,19). The molecule has 0 heterocycles. The summed E-state index contributed by atoms with van der Waals surface area (Å²) in [5, 5.41) is 6.52. The van der Waals surface area contributed by atoms with E-state index in [4.69, 9.17) is 9.47 Å². The van der Waals surface area contributed by atoms with Gasteiger partial charge in [-0.3, -0.25) is 0 Å². The molecular formula is C16H32N2O3. The highest BCUT2D eigenvalue weighted by atomic mass is 16.6. The summed E-state index contributed by atoms with van der Waals surface area (Å²) < 4.78 is 10.6. The Bertz CT molecular complexity index is 322. The van der Waals surface area contributed by atoms with E-state index in [0.717, 1.165) is 6.54 Å². The van der Waals surface area contributed by atoms with Crippen molar-refractivity contribution >= 4 is 6.09 Å². The number of amides is 1. The number of rotatable bonds is 8. The molecule has 2 unspecified atom stereocenters. The van der Waals surface area contributed by atoms with Gasteiger partial charge in [-0.25, -0.2) is 4.79 Å². The van der Waals surface area contributed by atoms with Gasteiger partial charge in [0.1, 0.15) is 5.60 Å². The molecule has 1 aliphatic carbocycles. The fourth-order valence-electron chi connectivity index (χ4n) is 2.24. The Hall–Kier alpha value is -0.810. The van der Waals surface area contributed by atoms with E-state index >= 15 is 0 Å². The quantitative estimate of drug-likeness (QED) is 0.723. The number of nitrogens with one attached hydrogen (secondary N) is 2. The molecule has 1 fully saturated rings. The summed E-state index contributed by atoms with van der Waals surface area (Å²) >= 11 is 0. The van der Waals surface area contributed by atoms with Crippen LogP contribution in [0.4, 0.5) is 4.79 Å². The Morgan fingerprint density at radius 1 is 1.29 bits per heavy atom. The van der Waals surface area contributed by atoms with Crippen LogP contribution in [0, 0.1) is 11.8 Å². The maximum Gasteiger partial charge on any atom is 0.407 e. The Labute approximate surface area is 129 Å². The molecule has 0 aromatic rings. The van der Waals surface area contributed by atoms with Gasteiger partial charge in [0.05, 0.1) is 6.61 Å². The van der Waals surface area contributed by atoms with Gasteiger partial charge >= 0.3 is 6.09 Å². The van der Waals surface area contributed by atoms with Crippen molar-refractivity contribution in [1.29, 1.82) is 0 Å². The molecule has 0 radical (unpaired) electrons. The number of hydrogen-bond acceptors (Lipinski definition) is 4. The largest absolute Gasteiger partial charge is 0.444 e. The van der Waals surface area contributed by atoms with Crippen LogP contribution < -0.4 is 10.6 Å². The van der Waals surface area contributed by atoms with Crippen LogP contribution >= 0.6 is 0 Å². The third-order valence-electron chi connectivity index (χ3n) is 3.64. The molecule has 0 aliphatic heterocycles. The number of methoxy groups -OCH3 is 1. The molecule has 0 spiro atoms. The van der Waals surface area contributed by atoms with E-state index in [0.29, 0.717) is 24.5 Å². The number of ether oxygens (including phenoxy) is 2. The summed E-state index contributed by atoms with van der Waals surface area (Å²) in [4.78, 5) is 11.9. The lowest BCUT2D eigenvalue weighted by atomic mass is 10.0. The van der Waals surface area contributed by atoms with Crippen LogP contribution in [0.3, 0.4) is 0 Å². The zero-order valence-corrected chi connectivity index (χ0v) is 14.4. The Morgan fingerprint density at radius 2 is 1.90 bits per heavy atom. The van der Waals surface area contributed by atoms with Gasteiger partial charge in [0.25, 0.3) is 0 Å². The van der Waals surface area contributed by atoms with Crippen molar-refractivity contribution in [2.24, 2.45) is 11.8 Å². The summed E-state index contributed by atoms with van der Waals surface area (Å²) in [5.41, 5.74) is -0.456. The van der Waals surface area contributed by atoms with Crippen LogP contribution in [0.5, 0.6) is 0 Å². The molecule has 21 heavy (non-hydrogen) atoms. The minimum Gasteiger partial charge on any atom is -0.444 e. The first-order chi connectivity index (χ1) is 9.73. The first-order valence-electron chi connectivity index (χ1n) is 7.94. The Balaban J connectivity index is 2.45. The molecule has 0 bridgehead atoms. The highest BCUT2D eigenvalue weighted by Gasteiger charge is 2.33. The number of carbonyl (C=O) groups excluding carboxylic acids is 1. The molecule has 1 aliphatic rings. The molecule has 2 atom stereocenters. The van der Waals surface area contributed by atoms with Gasteiger partial charge < -0.3 is 20.1 Å². The normalized spacial score (nSPS) is 18.4. The van der Waals surface area contributed by atoms with Crippen LogP contribution in [-0.2, 0) is 9.47 Å². The van der Waals surface area contributed by atoms with E-state index in [1.165, 1.54) is 12.8 Å². The van der Waals surface area contributed by atoms with Gasteiger partial charge in [-0.1, -0.05) is 13.8 Å². The minimum atomic E-state index is -0.456. The third kappa shape index (κ3) is 7.67. The highest BCUT2D eigenvalue weighted by molar-refractivity contribution is 5.68. The Kier molecular flexibility index (Phi) is 6.94. The van der Waals surface area contributed by atoms with E-state index in [1.54, 1.807) is 7.11 Å². The topological polar surface area (TPSA) is 59.6 Å². The summed E-state index contributed by atoms with van der Waals surface area (Å²) in [5.74, 6) is 1.06. The van der Waals surface area contributed by atoms with Gasteiger partial charge in [0.2, 0.25) is 0 Å². The molecule has 1 saturated carbocycles. The maximum absolute atomic E-state index is 11.9. The number of hydrogen-bond donors (Lipinski definition) is 2. The zero-order valence-electron chi connectivity index (χ0n) is 14.4. The number of carbonyl (C=O) groups is 1. The van der Waals surface area contributed by atoms with Crippen molar-refractivity contribution < 1.29 is 14.3 Å². The second-order valence-electron chi connectivity index (χ2n) is 7.30. The molecule has 5 nitrogen and oxygen atoms in total. The van der Waals surface area contributed by atoms with E-state index in [9.17, 15) is 4.79 Å². The fourth-order valence-corrected chi connectivity index (χ4v) is 2.24. The monoisotopic (exact) mass is 300 g/mol. The van der Waals surface area contributed by atoms with Gasteiger partial charge in [-0.05, 0) is 45.4 Å². The maximum atomic E-state index is 11.9. The van der Waals surface area contributed by atoms with Crippen molar-refractivity contribution in [3.63, 3.8) is 0 Å². The van der Waals surface area contributed by atoms with Gasteiger partial charge in [0, 0.05) is 25.7 Å². The molecule has 0 aromatic heterocycles. The SMILES string of the molecule is COCC(NCC(NC(=O)OC(C)(C)C)C1CC1)C(C)C. The molecule has 124 valence electrons. The average molecular weight is 300 g/mol. The fraction of sp³-hybridized carbons (Fsp3) is 0.938. The molecule has 1 amide bonds. The van der Waals surface area contributed by atoms with E-state index < -0.39 is 5.60 Å². The molecule has 1 rings (SSSR count). The van der Waals surface area contributed by atoms with Crippen molar-refractivity contribution in [1.82, 2.24) is 10.6 Å². The van der Waals surface area contributed by atoms with Crippen LogP contribution in [0.25, 0.3) is 0 Å². The molecule has 5 heteroatoms. The average Bonchev–Trinajstić information content (AvgIpc) is 3.13. The Morgan fingerprint density at radius 3 is 2.33 bits per heavy atom. The van der Waals surface area contributed by atoms with Crippen molar-refractivity contribution in [3.05, 3.63) is 0 Å². The predicted molar refractivity (Wildman–Crippen MR) is 84.4 cm³/mol. The summed E-state index contributed by atoms with van der Waals surface area (Å²) in [6.07, 6.45) is 2.03. The van der Waals surface area contributed by atoms with E-state index in [1.807, 2.05) is 20.8 Å². The second kappa shape index (κ2) is 7.99. The lowest BCUT2D eigenvalue weighted by Crippen LogP contribution is -2.49. The summed E-state index contributed by atoms with van der Waals surface area (Å²) in [6.45, 7) is 11.4. The highest BCUT2D eigenvalue weighted by Crippen LogP contribution is 2.32. The third-order valence-corrected chi connectivity index (χ3v) is 3.64. The van der Waals surface area contributed by atoms with Crippen LogP contribution in [-0.4, -0.2) is 44.0 Å². The lowest BCUT2D eigenvalue weighted by Gasteiger charge is -2.27. The second-order valence-corrected chi connectivity index (χ2v) is 7.30. The minimum absolute atomic E-state index is 0.137. The molecule has 2 N–H and O–H groups in total. The van der Waals surface area contributed by atoms with Gasteiger partial charge in [0.15, 0.2) is 0 Å². The first-order valence-corrected chi connectivity index (χ1v) is 7.94. The lowest BCUT2D eigenvalue weighted by molar-refractivity contribution is 0.0494. The van der Waals surface area contributed by atoms with Crippen molar-refractivity contribution in [2.75, 3.05) is 20.3 Å². The smallest absolute Gasteiger partial charge is 0.407 e. The number of alkyl carbamates (subject to hydrolysis) is 1. The van der Waals surface area contributed by atoms with Crippen LogP contribution in [0.2, 0.25) is 0 Å². The zero-order chi connectivity index (χ0) is 16.0. The van der Waals surface area contributed by atoms with Gasteiger partial charge in [-0.15, -0.1) is 0 Å². The van der Waals surface area contributed by atoms with Crippen LogP contribution in [0.1, 0.15) is 47.5 Å². The van der Waals surface area contributed by atoms with Crippen LogP contribution in [0.15, 0.2) is 0 Å².